The van der Waals surface area contributed by atoms with Gasteiger partial charge in [-0.15, -0.1) is 11.3 Å². The predicted molar refractivity (Wildman–Crippen MR) is 245 cm³/mol. The lowest BCUT2D eigenvalue weighted by atomic mass is 9.64. The Labute approximate surface area is 342 Å². The van der Waals surface area contributed by atoms with Gasteiger partial charge >= 0.3 is 0 Å². The summed E-state index contributed by atoms with van der Waals surface area (Å²) in [5.41, 5.74) is 16.7. The fourth-order valence-corrected chi connectivity index (χ4v) is 10.9. The second-order valence-electron chi connectivity index (χ2n) is 15.3. The van der Waals surface area contributed by atoms with E-state index in [1.54, 1.807) is 0 Å². The lowest BCUT2D eigenvalue weighted by Gasteiger charge is -2.44. The van der Waals surface area contributed by atoms with Crippen LogP contribution < -0.4 is 9.80 Å². The summed E-state index contributed by atoms with van der Waals surface area (Å²) in [4.78, 5) is 4.83. The number of nitrogens with zero attached hydrogens (tertiary/aromatic N) is 2. The van der Waals surface area contributed by atoms with Gasteiger partial charge in [0.2, 0.25) is 0 Å². The number of hydrogen-bond donors (Lipinski definition) is 0. The van der Waals surface area contributed by atoms with Crippen LogP contribution in [0.1, 0.15) is 22.3 Å². The van der Waals surface area contributed by atoms with Crippen molar-refractivity contribution in [2.75, 3.05) is 9.80 Å². The van der Waals surface area contributed by atoms with Gasteiger partial charge in [0.05, 0.1) is 16.8 Å². The third-order valence-electron chi connectivity index (χ3n) is 12.2. The first-order valence-electron chi connectivity index (χ1n) is 19.9. The molecule has 0 amide bonds. The highest BCUT2D eigenvalue weighted by Crippen LogP contribution is 2.65. The van der Waals surface area contributed by atoms with Gasteiger partial charge in [-0.05, 0) is 118 Å². The van der Waals surface area contributed by atoms with Crippen LogP contribution in [-0.4, -0.2) is 0 Å². The van der Waals surface area contributed by atoms with Crippen molar-refractivity contribution < 1.29 is 0 Å². The van der Waals surface area contributed by atoms with E-state index in [9.17, 15) is 0 Å². The molecule has 10 aromatic rings. The number of benzene rings is 9. The molecule has 1 aromatic heterocycles. The van der Waals surface area contributed by atoms with Gasteiger partial charge in [0.25, 0.3) is 0 Å². The number of thiophene rings is 1. The summed E-state index contributed by atoms with van der Waals surface area (Å²) < 4.78 is 2.62. The van der Waals surface area contributed by atoms with Crippen molar-refractivity contribution in [2.45, 2.75) is 5.41 Å². The first-order chi connectivity index (χ1) is 28.8. The van der Waals surface area contributed by atoms with E-state index in [0.29, 0.717) is 0 Å². The van der Waals surface area contributed by atoms with Crippen molar-refractivity contribution in [3.63, 3.8) is 0 Å². The lowest BCUT2D eigenvalue weighted by Crippen LogP contribution is -2.35. The third kappa shape index (κ3) is 4.78. The van der Waals surface area contributed by atoms with Crippen LogP contribution in [0.5, 0.6) is 0 Å². The van der Waals surface area contributed by atoms with Gasteiger partial charge in [-0.2, -0.15) is 0 Å². The van der Waals surface area contributed by atoms with E-state index >= 15 is 0 Å². The topological polar surface area (TPSA) is 6.48 Å². The molecule has 2 nitrogen and oxygen atoms in total. The second-order valence-corrected chi connectivity index (χ2v) is 16.3. The summed E-state index contributed by atoms with van der Waals surface area (Å²) in [7, 11) is 0. The quantitative estimate of drug-likeness (QED) is 0.167. The molecular formula is C55H36N2S. The maximum atomic E-state index is 2.47. The molecule has 0 N–H and O–H groups in total. The summed E-state index contributed by atoms with van der Waals surface area (Å²) in [5, 5.41) is 2.60. The smallest absolute Gasteiger partial charge is 0.0754 e. The molecule has 272 valence electrons. The van der Waals surface area contributed by atoms with Gasteiger partial charge in [-0.25, -0.2) is 0 Å². The summed E-state index contributed by atoms with van der Waals surface area (Å²) in [6.07, 6.45) is 0. The van der Waals surface area contributed by atoms with E-state index in [2.05, 4.69) is 228 Å². The van der Waals surface area contributed by atoms with Crippen LogP contribution in [-0.2, 0) is 5.41 Å². The minimum atomic E-state index is -0.491. The predicted octanol–water partition coefficient (Wildman–Crippen LogP) is 15.3. The molecular weight excluding hydrogens is 721 g/mol. The Bertz CT molecular complexity index is 3170. The molecule has 3 heteroatoms. The molecule has 0 radical (unpaired) electrons. The molecule has 2 aliphatic rings. The largest absolute Gasteiger partial charge is 0.310 e. The zero-order chi connectivity index (χ0) is 38.2. The van der Waals surface area contributed by atoms with Crippen LogP contribution in [0, 0.1) is 0 Å². The Kier molecular flexibility index (Phi) is 7.35. The van der Waals surface area contributed by atoms with E-state index in [0.717, 1.165) is 22.7 Å². The molecule has 0 fully saturated rings. The minimum Gasteiger partial charge on any atom is -0.310 e. The van der Waals surface area contributed by atoms with Gasteiger partial charge in [0.15, 0.2) is 0 Å². The molecule has 12 rings (SSSR count). The maximum Gasteiger partial charge on any atom is 0.0754 e. The molecule has 0 saturated heterocycles. The zero-order valence-electron chi connectivity index (χ0n) is 31.6. The first-order valence-corrected chi connectivity index (χ1v) is 20.7. The SMILES string of the molecule is c1ccc(N(c2ccc(-c3ccc4c(c3)C3(c5ccccc5)c5ccccc5N(c5ccccc5)c5cccc-4c53)cc2)c2ccc3sc4ccccc4c3c2)cc1. The van der Waals surface area contributed by atoms with Crippen LogP contribution in [0.4, 0.5) is 34.1 Å². The normalized spacial score (nSPS) is 14.9. The van der Waals surface area contributed by atoms with Crippen LogP contribution in [0.15, 0.2) is 218 Å². The number of rotatable bonds is 6. The Morgan fingerprint density at radius 1 is 0.397 bits per heavy atom. The molecule has 2 heterocycles. The van der Waals surface area contributed by atoms with E-state index in [1.807, 2.05) is 11.3 Å². The van der Waals surface area contributed by atoms with Crippen LogP contribution >= 0.6 is 11.3 Å². The Morgan fingerprint density at radius 3 is 1.86 bits per heavy atom. The van der Waals surface area contributed by atoms with E-state index in [-0.39, 0.29) is 0 Å². The Balaban J connectivity index is 1.02. The zero-order valence-corrected chi connectivity index (χ0v) is 32.4. The lowest BCUT2D eigenvalue weighted by molar-refractivity contribution is 0.754. The molecule has 0 spiro atoms. The molecule has 58 heavy (non-hydrogen) atoms. The molecule has 0 bridgehead atoms. The van der Waals surface area contributed by atoms with E-state index in [1.165, 1.54) is 76.1 Å². The van der Waals surface area contributed by atoms with Crippen molar-refractivity contribution in [3.8, 4) is 22.3 Å². The van der Waals surface area contributed by atoms with Crippen molar-refractivity contribution in [2.24, 2.45) is 0 Å². The molecule has 9 aromatic carbocycles. The Hall–Kier alpha value is -7.20. The molecule has 1 atom stereocenters. The molecule has 0 saturated carbocycles. The van der Waals surface area contributed by atoms with Crippen LogP contribution in [0.3, 0.4) is 0 Å². The fraction of sp³-hybridized carbons (Fsp3) is 0.0182. The maximum absolute atomic E-state index is 2.47. The molecule has 1 aliphatic carbocycles. The average Bonchev–Trinajstić information content (AvgIpc) is 3.82. The van der Waals surface area contributed by atoms with Crippen molar-refractivity contribution in [1.29, 1.82) is 0 Å². The fourth-order valence-electron chi connectivity index (χ4n) is 9.82. The van der Waals surface area contributed by atoms with Crippen LogP contribution in [0.2, 0.25) is 0 Å². The van der Waals surface area contributed by atoms with Crippen molar-refractivity contribution in [3.05, 3.63) is 241 Å². The summed E-state index contributed by atoms with van der Waals surface area (Å²) in [6.45, 7) is 0. The van der Waals surface area contributed by atoms with Gasteiger partial charge in [0.1, 0.15) is 0 Å². The molecule has 1 aliphatic heterocycles. The highest BCUT2D eigenvalue weighted by Gasteiger charge is 2.52. The second kappa shape index (κ2) is 12.9. The van der Waals surface area contributed by atoms with Gasteiger partial charge in [0, 0.05) is 48.5 Å². The van der Waals surface area contributed by atoms with E-state index in [4.69, 9.17) is 0 Å². The number of hydrogen-bond acceptors (Lipinski definition) is 3. The average molecular weight is 757 g/mol. The minimum absolute atomic E-state index is 0.491. The highest BCUT2D eigenvalue weighted by molar-refractivity contribution is 7.25. The summed E-state index contributed by atoms with van der Waals surface area (Å²) >= 11 is 1.86. The number of anilines is 6. The third-order valence-corrected chi connectivity index (χ3v) is 13.4. The standard InChI is InChI=1S/C55H36N2S/c1-4-15-39(16-5-1)55-48-23-11-12-24-50(48)57(41-19-8-3-9-20-41)51-25-14-22-46(54(51)55)44-33-29-38(35-49(44)55)37-27-30-42(31-28-37)56(40-17-6-2-7-18-40)43-32-34-53-47(36-43)45-21-10-13-26-52(45)58-53/h1-36H. The summed E-state index contributed by atoms with van der Waals surface area (Å²) in [6, 6.07) is 80.5. The monoisotopic (exact) mass is 756 g/mol. The van der Waals surface area contributed by atoms with Gasteiger partial charge in [-0.3, -0.25) is 0 Å². The van der Waals surface area contributed by atoms with Crippen LogP contribution in [0.25, 0.3) is 42.4 Å². The summed E-state index contributed by atoms with van der Waals surface area (Å²) in [5.74, 6) is 0. The van der Waals surface area contributed by atoms with Gasteiger partial charge in [-0.1, -0.05) is 140 Å². The van der Waals surface area contributed by atoms with Gasteiger partial charge < -0.3 is 9.80 Å². The van der Waals surface area contributed by atoms with Crippen molar-refractivity contribution >= 4 is 65.6 Å². The van der Waals surface area contributed by atoms with E-state index < -0.39 is 5.41 Å². The highest BCUT2D eigenvalue weighted by atomic mass is 32.1. The molecule has 1 unspecified atom stereocenters. The first kappa shape index (κ1) is 33.0. The number of para-hydroxylation sites is 3. The number of fused-ring (bicyclic) bond motifs is 8. The van der Waals surface area contributed by atoms with Crippen molar-refractivity contribution in [1.82, 2.24) is 0 Å². The Morgan fingerprint density at radius 2 is 1.03 bits per heavy atom.